The van der Waals surface area contributed by atoms with E-state index in [2.05, 4.69) is 11.9 Å². The normalized spacial score (nSPS) is 30.7. The lowest BCUT2D eigenvalue weighted by Crippen LogP contribution is -2.42. The molecule has 0 radical (unpaired) electrons. The molecule has 2 saturated heterocycles. The van der Waals surface area contributed by atoms with Crippen molar-refractivity contribution in [2.24, 2.45) is 0 Å². The van der Waals surface area contributed by atoms with Gasteiger partial charge in [-0.2, -0.15) is 0 Å². The van der Waals surface area contributed by atoms with Crippen LogP contribution in [0.4, 0.5) is 0 Å². The number of halogens is 1. The third-order valence-electron chi connectivity index (χ3n) is 2.80. The molecule has 0 unspecified atom stereocenters. The molecule has 0 aliphatic carbocycles. The molecule has 1 spiro atoms. The second-order valence-corrected chi connectivity index (χ2v) is 3.72. The predicted molar refractivity (Wildman–Crippen MR) is 57.7 cm³/mol. The molecule has 3 nitrogen and oxygen atoms in total. The summed E-state index contributed by atoms with van der Waals surface area (Å²) < 4.78 is 11.3. The first kappa shape index (κ1) is 12.0. The van der Waals surface area contributed by atoms with Gasteiger partial charge in [0.15, 0.2) is 5.79 Å². The fourth-order valence-corrected chi connectivity index (χ4v) is 2.01. The zero-order chi connectivity index (χ0) is 9.15. The summed E-state index contributed by atoms with van der Waals surface area (Å²) in [6.45, 7) is 6.07. The van der Waals surface area contributed by atoms with Gasteiger partial charge in [-0.05, 0) is 12.8 Å². The van der Waals surface area contributed by atoms with Crippen LogP contribution in [0.25, 0.3) is 0 Å². The second kappa shape index (κ2) is 5.12. The van der Waals surface area contributed by atoms with Gasteiger partial charge in [-0.3, -0.25) is 0 Å². The van der Waals surface area contributed by atoms with Gasteiger partial charge >= 0.3 is 0 Å². The van der Waals surface area contributed by atoms with Gasteiger partial charge in [0, 0.05) is 12.5 Å². The Morgan fingerprint density at radius 2 is 2.07 bits per heavy atom. The van der Waals surface area contributed by atoms with Crippen LogP contribution in [0.1, 0.15) is 19.3 Å². The first-order chi connectivity index (χ1) is 6.35. The number of hydrogen-bond acceptors (Lipinski definition) is 3. The fraction of sp³-hybridized carbons (Fsp3) is 0.800. The van der Waals surface area contributed by atoms with Crippen molar-refractivity contribution in [3.05, 3.63) is 12.7 Å². The predicted octanol–water partition coefficient (Wildman–Crippen LogP) is 1.48. The van der Waals surface area contributed by atoms with Crippen LogP contribution in [0.3, 0.4) is 0 Å². The lowest BCUT2D eigenvalue weighted by Gasteiger charge is -2.25. The average Bonchev–Trinajstić information content (AvgIpc) is 2.49. The Labute approximate surface area is 91.3 Å². The number of rotatable bonds is 1. The zero-order valence-corrected chi connectivity index (χ0v) is 9.15. The summed E-state index contributed by atoms with van der Waals surface area (Å²) in [4.78, 5) is 0. The maximum atomic E-state index is 5.64. The van der Waals surface area contributed by atoms with Crippen molar-refractivity contribution >= 4 is 12.4 Å². The summed E-state index contributed by atoms with van der Waals surface area (Å²) in [5.74, 6) is -0.322. The molecule has 0 amide bonds. The Bertz CT molecular complexity index is 193. The minimum Gasteiger partial charge on any atom is -0.346 e. The monoisotopic (exact) mass is 219 g/mol. The second-order valence-electron chi connectivity index (χ2n) is 3.72. The van der Waals surface area contributed by atoms with E-state index in [0.717, 1.165) is 39.0 Å². The lowest BCUT2D eigenvalue weighted by molar-refractivity contribution is -0.155. The van der Waals surface area contributed by atoms with Crippen molar-refractivity contribution in [3.8, 4) is 0 Å². The van der Waals surface area contributed by atoms with E-state index in [1.165, 1.54) is 0 Å². The first-order valence-corrected chi connectivity index (χ1v) is 4.98. The highest BCUT2D eigenvalue weighted by Crippen LogP contribution is 2.27. The highest BCUT2D eigenvalue weighted by Gasteiger charge is 2.37. The van der Waals surface area contributed by atoms with Crippen LogP contribution in [-0.4, -0.2) is 31.6 Å². The van der Waals surface area contributed by atoms with Crippen molar-refractivity contribution in [3.63, 3.8) is 0 Å². The van der Waals surface area contributed by atoms with Crippen LogP contribution >= 0.6 is 12.4 Å². The molecule has 1 atom stereocenters. The van der Waals surface area contributed by atoms with Crippen LogP contribution in [0.5, 0.6) is 0 Å². The standard InChI is InChI=1S/C10H17NO2.ClH/c1-2-9-4-3-5-10(8-11-9)12-6-7-13-10;/h2,9,11H,1,3-8H2;1H/t9-;/m1./s1. The van der Waals surface area contributed by atoms with E-state index in [0.29, 0.717) is 6.04 Å². The molecule has 82 valence electrons. The van der Waals surface area contributed by atoms with E-state index in [-0.39, 0.29) is 18.2 Å². The highest BCUT2D eigenvalue weighted by molar-refractivity contribution is 5.85. The Morgan fingerprint density at radius 1 is 1.36 bits per heavy atom. The largest absolute Gasteiger partial charge is 0.346 e. The summed E-state index contributed by atoms with van der Waals surface area (Å²) >= 11 is 0. The van der Waals surface area contributed by atoms with E-state index in [9.17, 15) is 0 Å². The first-order valence-electron chi connectivity index (χ1n) is 4.98. The highest BCUT2D eigenvalue weighted by atomic mass is 35.5. The maximum Gasteiger partial charge on any atom is 0.180 e. The molecular weight excluding hydrogens is 202 g/mol. The summed E-state index contributed by atoms with van der Waals surface area (Å²) in [6, 6.07) is 0.423. The topological polar surface area (TPSA) is 30.5 Å². The molecule has 1 N–H and O–H groups in total. The van der Waals surface area contributed by atoms with Crippen LogP contribution in [0.2, 0.25) is 0 Å². The molecule has 2 rings (SSSR count). The molecule has 0 aromatic heterocycles. The lowest BCUT2D eigenvalue weighted by atomic mass is 10.1. The summed E-state index contributed by atoms with van der Waals surface area (Å²) in [6.07, 6.45) is 5.25. The number of hydrogen-bond donors (Lipinski definition) is 1. The minimum absolute atomic E-state index is 0. The van der Waals surface area contributed by atoms with Gasteiger partial charge in [0.1, 0.15) is 0 Å². The van der Waals surface area contributed by atoms with Gasteiger partial charge < -0.3 is 14.8 Å². The number of ether oxygens (including phenoxy) is 2. The van der Waals surface area contributed by atoms with E-state index in [1.54, 1.807) is 0 Å². The maximum absolute atomic E-state index is 5.64. The molecular formula is C10H18ClNO2. The molecule has 0 saturated carbocycles. The van der Waals surface area contributed by atoms with Crippen LogP contribution < -0.4 is 5.32 Å². The van der Waals surface area contributed by atoms with Gasteiger partial charge in [0.05, 0.1) is 19.8 Å². The van der Waals surface area contributed by atoms with E-state index >= 15 is 0 Å². The van der Waals surface area contributed by atoms with Gasteiger partial charge in [-0.1, -0.05) is 6.08 Å². The van der Waals surface area contributed by atoms with Gasteiger partial charge in [-0.25, -0.2) is 0 Å². The van der Waals surface area contributed by atoms with Gasteiger partial charge in [0.2, 0.25) is 0 Å². The van der Waals surface area contributed by atoms with Crippen LogP contribution in [0.15, 0.2) is 12.7 Å². The summed E-state index contributed by atoms with van der Waals surface area (Å²) in [5, 5.41) is 3.40. The average molecular weight is 220 g/mol. The van der Waals surface area contributed by atoms with Crippen molar-refractivity contribution in [2.75, 3.05) is 19.8 Å². The Hall–Kier alpha value is -0.0900. The third-order valence-corrected chi connectivity index (χ3v) is 2.80. The van der Waals surface area contributed by atoms with Gasteiger partial charge in [0.25, 0.3) is 0 Å². The minimum atomic E-state index is -0.322. The third kappa shape index (κ3) is 2.48. The Kier molecular flexibility index (Phi) is 4.38. The summed E-state index contributed by atoms with van der Waals surface area (Å²) in [5.41, 5.74) is 0. The molecule has 4 heteroatoms. The van der Waals surface area contributed by atoms with Crippen molar-refractivity contribution < 1.29 is 9.47 Å². The van der Waals surface area contributed by atoms with Gasteiger partial charge in [-0.15, -0.1) is 19.0 Å². The Balaban J connectivity index is 0.000000980. The van der Waals surface area contributed by atoms with Crippen molar-refractivity contribution in [1.82, 2.24) is 5.32 Å². The quantitative estimate of drug-likeness (QED) is 0.678. The van der Waals surface area contributed by atoms with E-state index in [4.69, 9.17) is 9.47 Å². The molecule has 0 bridgehead atoms. The van der Waals surface area contributed by atoms with Crippen molar-refractivity contribution in [2.45, 2.75) is 31.1 Å². The molecule has 2 aliphatic heterocycles. The fourth-order valence-electron chi connectivity index (χ4n) is 2.01. The molecule has 0 aromatic carbocycles. The van der Waals surface area contributed by atoms with Crippen LogP contribution in [0, 0.1) is 0 Å². The molecule has 14 heavy (non-hydrogen) atoms. The SMILES string of the molecule is C=C[C@@H]1CCCC2(CN1)OCCO2.Cl. The smallest absolute Gasteiger partial charge is 0.180 e. The zero-order valence-electron chi connectivity index (χ0n) is 8.33. The summed E-state index contributed by atoms with van der Waals surface area (Å²) in [7, 11) is 0. The van der Waals surface area contributed by atoms with Crippen LogP contribution in [-0.2, 0) is 9.47 Å². The molecule has 2 fully saturated rings. The van der Waals surface area contributed by atoms with Crippen molar-refractivity contribution in [1.29, 1.82) is 0 Å². The molecule has 2 aliphatic rings. The van der Waals surface area contributed by atoms with E-state index < -0.39 is 0 Å². The Morgan fingerprint density at radius 3 is 2.71 bits per heavy atom. The molecule has 0 aromatic rings. The molecule has 2 heterocycles. The number of nitrogens with one attached hydrogen (secondary N) is 1. The van der Waals surface area contributed by atoms with E-state index in [1.807, 2.05) is 6.08 Å².